The van der Waals surface area contributed by atoms with E-state index in [0.29, 0.717) is 6.54 Å². The molecule has 1 aromatic rings. The maximum atomic E-state index is 12.3. The van der Waals surface area contributed by atoms with Crippen LogP contribution in [0.15, 0.2) is 10.6 Å². The number of nitrogens with zero attached hydrogens (tertiary/aromatic N) is 3. The second-order valence-electron chi connectivity index (χ2n) is 6.09. The van der Waals surface area contributed by atoms with E-state index < -0.39 is 5.41 Å². The third-order valence-electron chi connectivity index (χ3n) is 3.80. The van der Waals surface area contributed by atoms with E-state index in [1.807, 2.05) is 31.7 Å². The minimum absolute atomic E-state index is 0.148. The molecule has 1 aromatic heterocycles. The Morgan fingerprint density at radius 1 is 1.40 bits per heavy atom. The van der Waals surface area contributed by atoms with Crippen LogP contribution in [0.2, 0.25) is 0 Å². The molecule has 0 unspecified atom stereocenters. The molecule has 1 saturated heterocycles. The van der Waals surface area contributed by atoms with Crippen LogP contribution in [0.3, 0.4) is 0 Å². The van der Waals surface area contributed by atoms with Crippen LogP contribution in [0, 0.1) is 12.3 Å². The van der Waals surface area contributed by atoms with Gasteiger partial charge in [-0.15, -0.1) is 0 Å². The third-order valence-corrected chi connectivity index (χ3v) is 3.80. The number of aromatic nitrogens is 1. The fourth-order valence-corrected chi connectivity index (χ4v) is 2.34. The summed E-state index contributed by atoms with van der Waals surface area (Å²) in [5.41, 5.74) is 6.10. The topological polar surface area (TPSA) is 75.6 Å². The Kier molecular flexibility index (Phi) is 4.45. The van der Waals surface area contributed by atoms with Gasteiger partial charge in [-0.2, -0.15) is 0 Å². The van der Waals surface area contributed by atoms with Crippen LogP contribution in [-0.2, 0) is 11.3 Å². The van der Waals surface area contributed by atoms with Crippen molar-refractivity contribution >= 4 is 5.91 Å². The zero-order valence-corrected chi connectivity index (χ0v) is 12.6. The SMILES string of the molecule is Cc1cc(CN2CCN(C(=O)C(C)(C)CN)CC2)on1. The summed E-state index contributed by atoms with van der Waals surface area (Å²) in [6.45, 7) is 10.0. The third kappa shape index (κ3) is 3.37. The van der Waals surface area contributed by atoms with Crippen LogP contribution in [0.25, 0.3) is 0 Å². The van der Waals surface area contributed by atoms with Crippen molar-refractivity contribution in [3.05, 3.63) is 17.5 Å². The van der Waals surface area contributed by atoms with Crippen molar-refractivity contribution in [2.45, 2.75) is 27.3 Å². The van der Waals surface area contributed by atoms with Crippen LogP contribution in [0.1, 0.15) is 25.3 Å². The van der Waals surface area contributed by atoms with Crippen LogP contribution in [0.5, 0.6) is 0 Å². The molecule has 0 radical (unpaired) electrons. The van der Waals surface area contributed by atoms with Gasteiger partial charge in [-0.1, -0.05) is 5.16 Å². The summed E-state index contributed by atoms with van der Waals surface area (Å²) in [5.74, 6) is 1.03. The van der Waals surface area contributed by atoms with Crippen molar-refractivity contribution in [3.63, 3.8) is 0 Å². The molecule has 6 nitrogen and oxygen atoms in total. The number of nitrogens with two attached hydrogens (primary N) is 1. The van der Waals surface area contributed by atoms with Crippen LogP contribution < -0.4 is 5.73 Å². The Bertz CT molecular complexity index is 461. The zero-order valence-electron chi connectivity index (χ0n) is 12.6. The summed E-state index contributed by atoms with van der Waals surface area (Å²) < 4.78 is 5.22. The van der Waals surface area contributed by atoms with E-state index in [-0.39, 0.29) is 5.91 Å². The molecular weight excluding hydrogens is 256 g/mol. The Hall–Kier alpha value is -1.40. The van der Waals surface area contributed by atoms with Gasteiger partial charge in [0.2, 0.25) is 5.91 Å². The van der Waals surface area contributed by atoms with Crippen molar-refractivity contribution in [1.29, 1.82) is 0 Å². The van der Waals surface area contributed by atoms with E-state index in [9.17, 15) is 4.79 Å². The van der Waals surface area contributed by atoms with E-state index in [1.54, 1.807) is 0 Å². The summed E-state index contributed by atoms with van der Waals surface area (Å²) in [5, 5.41) is 3.89. The highest BCUT2D eigenvalue weighted by Gasteiger charge is 2.32. The van der Waals surface area contributed by atoms with E-state index in [4.69, 9.17) is 10.3 Å². The molecule has 1 fully saturated rings. The Morgan fingerprint density at radius 2 is 2.05 bits per heavy atom. The number of hydrogen-bond donors (Lipinski definition) is 1. The molecule has 1 aliphatic rings. The van der Waals surface area contributed by atoms with Crippen molar-refractivity contribution in [3.8, 4) is 0 Å². The van der Waals surface area contributed by atoms with E-state index in [1.165, 1.54) is 0 Å². The first-order valence-corrected chi connectivity index (χ1v) is 7.06. The summed E-state index contributed by atoms with van der Waals surface area (Å²) in [6, 6.07) is 1.95. The second-order valence-corrected chi connectivity index (χ2v) is 6.09. The summed E-state index contributed by atoms with van der Waals surface area (Å²) in [7, 11) is 0. The second kappa shape index (κ2) is 5.93. The van der Waals surface area contributed by atoms with Gasteiger partial charge in [-0.25, -0.2) is 0 Å². The molecule has 1 aliphatic heterocycles. The lowest BCUT2D eigenvalue weighted by Crippen LogP contribution is -2.53. The van der Waals surface area contributed by atoms with Crippen molar-refractivity contribution < 1.29 is 9.32 Å². The standard InChI is InChI=1S/C14H24N4O2/c1-11-8-12(20-16-11)9-17-4-6-18(7-5-17)13(19)14(2,3)10-15/h8H,4-7,9-10,15H2,1-3H3. The average Bonchev–Trinajstić information content (AvgIpc) is 2.84. The lowest BCUT2D eigenvalue weighted by Gasteiger charge is -2.37. The molecule has 20 heavy (non-hydrogen) atoms. The highest BCUT2D eigenvalue weighted by atomic mass is 16.5. The molecule has 0 aliphatic carbocycles. The Labute approximate surface area is 119 Å². The lowest BCUT2D eigenvalue weighted by molar-refractivity contribution is -0.141. The molecule has 0 atom stereocenters. The van der Waals surface area contributed by atoms with E-state index in [2.05, 4.69) is 10.1 Å². The minimum atomic E-state index is -0.468. The molecule has 2 N–H and O–H groups in total. The number of piperazine rings is 1. The van der Waals surface area contributed by atoms with Gasteiger partial charge in [-0.3, -0.25) is 9.69 Å². The quantitative estimate of drug-likeness (QED) is 0.874. The molecule has 112 valence electrons. The molecule has 0 aromatic carbocycles. The highest BCUT2D eigenvalue weighted by Crippen LogP contribution is 2.19. The summed E-state index contributed by atoms with van der Waals surface area (Å²) in [6.07, 6.45) is 0. The Morgan fingerprint density at radius 3 is 2.55 bits per heavy atom. The van der Waals surface area contributed by atoms with Gasteiger partial charge in [0, 0.05) is 38.8 Å². The fraction of sp³-hybridized carbons (Fsp3) is 0.714. The van der Waals surface area contributed by atoms with Gasteiger partial charge in [0.15, 0.2) is 5.76 Å². The van der Waals surface area contributed by atoms with Gasteiger partial charge < -0.3 is 15.2 Å². The average molecular weight is 280 g/mol. The Balaban J connectivity index is 1.85. The van der Waals surface area contributed by atoms with Crippen LogP contribution in [-0.4, -0.2) is 53.6 Å². The molecule has 2 heterocycles. The molecule has 1 amide bonds. The zero-order chi connectivity index (χ0) is 14.8. The lowest BCUT2D eigenvalue weighted by atomic mass is 9.91. The molecule has 0 saturated carbocycles. The molecule has 0 spiro atoms. The van der Waals surface area contributed by atoms with Gasteiger partial charge in [0.25, 0.3) is 0 Å². The van der Waals surface area contributed by atoms with E-state index >= 15 is 0 Å². The van der Waals surface area contributed by atoms with E-state index in [0.717, 1.165) is 44.2 Å². The number of carbonyl (C=O) groups excluding carboxylic acids is 1. The number of hydrogen-bond acceptors (Lipinski definition) is 5. The van der Waals surface area contributed by atoms with Gasteiger partial charge in [0.1, 0.15) is 0 Å². The maximum Gasteiger partial charge on any atom is 0.229 e. The summed E-state index contributed by atoms with van der Waals surface area (Å²) in [4.78, 5) is 16.5. The predicted molar refractivity (Wildman–Crippen MR) is 75.9 cm³/mol. The smallest absolute Gasteiger partial charge is 0.229 e. The molecular formula is C14H24N4O2. The highest BCUT2D eigenvalue weighted by molar-refractivity contribution is 5.82. The first-order chi connectivity index (χ1) is 9.42. The summed E-state index contributed by atoms with van der Waals surface area (Å²) >= 11 is 0. The van der Waals surface area contributed by atoms with Crippen LogP contribution >= 0.6 is 0 Å². The number of carbonyl (C=O) groups is 1. The monoisotopic (exact) mass is 280 g/mol. The van der Waals surface area contributed by atoms with Crippen molar-refractivity contribution in [2.24, 2.45) is 11.1 Å². The minimum Gasteiger partial charge on any atom is -0.360 e. The first kappa shape index (κ1) is 15.0. The number of amides is 1. The first-order valence-electron chi connectivity index (χ1n) is 7.06. The van der Waals surface area contributed by atoms with Gasteiger partial charge in [0.05, 0.1) is 17.7 Å². The van der Waals surface area contributed by atoms with Crippen LogP contribution in [0.4, 0.5) is 0 Å². The number of aryl methyl sites for hydroxylation is 1. The molecule has 6 heteroatoms. The molecule has 2 rings (SSSR count). The van der Waals surface area contributed by atoms with Crippen molar-refractivity contribution in [2.75, 3.05) is 32.7 Å². The van der Waals surface area contributed by atoms with Gasteiger partial charge in [-0.05, 0) is 20.8 Å². The normalized spacial score (nSPS) is 17.5. The maximum absolute atomic E-state index is 12.3. The fourth-order valence-electron chi connectivity index (χ4n) is 2.34. The largest absolute Gasteiger partial charge is 0.360 e. The van der Waals surface area contributed by atoms with Gasteiger partial charge >= 0.3 is 0 Å². The molecule has 0 bridgehead atoms. The number of rotatable bonds is 4. The van der Waals surface area contributed by atoms with Crippen molar-refractivity contribution in [1.82, 2.24) is 15.0 Å². The predicted octanol–water partition coefficient (Wildman–Crippen LogP) is 0.612.